The smallest absolute Gasteiger partial charge is 0.171 e. The minimum atomic E-state index is 0.0938. The van der Waals surface area contributed by atoms with Crippen LogP contribution < -0.4 is 20.1 Å². The van der Waals surface area contributed by atoms with Crippen molar-refractivity contribution in [3.63, 3.8) is 0 Å². The van der Waals surface area contributed by atoms with Gasteiger partial charge in [0.15, 0.2) is 5.11 Å². The predicted octanol–water partition coefficient (Wildman–Crippen LogP) is 4.14. The average molecular weight is 330 g/mol. The Kier molecular flexibility index (Phi) is 6.23. The average Bonchev–Trinajstić information content (AvgIpc) is 2.55. The van der Waals surface area contributed by atoms with Crippen molar-refractivity contribution in [3.8, 4) is 11.5 Å². The van der Waals surface area contributed by atoms with Gasteiger partial charge in [0.1, 0.15) is 11.5 Å². The summed E-state index contributed by atoms with van der Waals surface area (Å²) in [4.78, 5) is 0. The lowest BCUT2D eigenvalue weighted by Crippen LogP contribution is -2.30. The molecular weight excluding hydrogens is 308 g/mol. The Morgan fingerprint density at radius 2 is 1.87 bits per heavy atom. The summed E-state index contributed by atoms with van der Waals surface area (Å²) in [5.74, 6) is 1.66. The summed E-state index contributed by atoms with van der Waals surface area (Å²) in [5.41, 5.74) is 2.03. The van der Waals surface area contributed by atoms with Gasteiger partial charge in [0.2, 0.25) is 0 Å². The Balaban J connectivity index is 1.93. The van der Waals surface area contributed by atoms with Crippen LogP contribution in [0.25, 0.3) is 0 Å². The lowest BCUT2D eigenvalue weighted by Gasteiger charge is -2.18. The number of rotatable bonds is 6. The third-order valence-electron chi connectivity index (χ3n) is 3.37. The zero-order valence-electron chi connectivity index (χ0n) is 13.6. The van der Waals surface area contributed by atoms with Gasteiger partial charge in [-0.25, -0.2) is 0 Å². The number of methoxy groups -OCH3 is 1. The van der Waals surface area contributed by atoms with E-state index >= 15 is 0 Å². The molecule has 2 aromatic rings. The van der Waals surface area contributed by atoms with Gasteiger partial charge in [0, 0.05) is 11.8 Å². The minimum absolute atomic E-state index is 0.0938. The number of anilines is 1. The molecule has 1 atom stereocenters. The fourth-order valence-corrected chi connectivity index (χ4v) is 2.46. The maximum atomic E-state index is 5.45. The van der Waals surface area contributed by atoms with Gasteiger partial charge in [-0.2, -0.15) is 0 Å². The quantitative estimate of drug-likeness (QED) is 0.779. The van der Waals surface area contributed by atoms with Crippen LogP contribution in [0.15, 0.2) is 48.5 Å². The van der Waals surface area contributed by atoms with Crippen LogP contribution in [0.3, 0.4) is 0 Å². The number of nitrogens with one attached hydrogen (secondary N) is 2. The van der Waals surface area contributed by atoms with Crippen LogP contribution in [0.4, 0.5) is 5.69 Å². The van der Waals surface area contributed by atoms with Crippen LogP contribution in [0.5, 0.6) is 11.5 Å². The zero-order valence-corrected chi connectivity index (χ0v) is 14.4. The molecule has 0 saturated heterocycles. The van der Waals surface area contributed by atoms with E-state index in [1.165, 1.54) is 0 Å². The van der Waals surface area contributed by atoms with Crippen molar-refractivity contribution in [1.82, 2.24) is 5.32 Å². The largest absolute Gasteiger partial charge is 0.497 e. The first kappa shape index (κ1) is 17.1. The molecule has 0 aliphatic rings. The Morgan fingerprint density at radius 1 is 1.13 bits per heavy atom. The van der Waals surface area contributed by atoms with Gasteiger partial charge in [-0.1, -0.05) is 18.2 Å². The second-order valence-corrected chi connectivity index (χ2v) is 5.46. The van der Waals surface area contributed by atoms with E-state index in [4.69, 9.17) is 21.7 Å². The molecule has 2 rings (SSSR count). The van der Waals surface area contributed by atoms with Crippen LogP contribution in [0.2, 0.25) is 0 Å². The SMILES string of the molecule is CCOc1ccc(C(C)NC(=S)Nc2cccc(OC)c2)cc1. The van der Waals surface area contributed by atoms with Crippen molar-refractivity contribution in [1.29, 1.82) is 0 Å². The Bertz CT molecular complexity index is 644. The molecule has 4 nitrogen and oxygen atoms in total. The summed E-state index contributed by atoms with van der Waals surface area (Å²) in [6.07, 6.45) is 0. The highest BCUT2D eigenvalue weighted by Gasteiger charge is 2.08. The van der Waals surface area contributed by atoms with Crippen LogP contribution in [-0.2, 0) is 0 Å². The fraction of sp³-hybridized carbons (Fsp3) is 0.278. The normalized spacial score (nSPS) is 11.4. The van der Waals surface area contributed by atoms with Crippen LogP contribution in [-0.4, -0.2) is 18.8 Å². The molecular formula is C18H22N2O2S. The molecule has 2 aromatic carbocycles. The Morgan fingerprint density at radius 3 is 2.52 bits per heavy atom. The van der Waals surface area contributed by atoms with Gasteiger partial charge in [-0.05, 0) is 55.9 Å². The molecule has 0 bridgehead atoms. The van der Waals surface area contributed by atoms with E-state index in [0.717, 1.165) is 22.7 Å². The third-order valence-corrected chi connectivity index (χ3v) is 3.59. The fourth-order valence-electron chi connectivity index (χ4n) is 2.17. The molecule has 1 unspecified atom stereocenters. The molecule has 0 aliphatic carbocycles. The summed E-state index contributed by atoms with van der Waals surface area (Å²) < 4.78 is 10.7. The first-order valence-corrected chi connectivity index (χ1v) is 7.97. The number of thiocarbonyl (C=S) groups is 1. The van der Waals surface area contributed by atoms with E-state index in [2.05, 4.69) is 17.6 Å². The molecule has 23 heavy (non-hydrogen) atoms. The number of hydrogen-bond donors (Lipinski definition) is 2. The van der Waals surface area contributed by atoms with Crippen molar-refractivity contribution in [3.05, 3.63) is 54.1 Å². The van der Waals surface area contributed by atoms with Gasteiger partial charge < -0.3 is 20.1 Å². The molecule has 0 spiro atoms. The van der Waals surface area contributed by atoms with Crippen molar-refractivity contribution in [2.24, 2.45) is 0 Å². The number of ether oxygens (including phenoxy) is 2. The number of hydrogen-bond acceptors (Lipinski definition) is 3. The lowest BCUT2D eigenvalue weighted by molar-refractivity contribution is 0.340. The molecule has 122 valence electrons. The van der Waals surface area contributed by atoms with E-state index in [-0.39, 0.29) is 6.04 Å². The van der Waals surface area contributed by atoms with Crippen molar-refractivity contribution in [2.75, 3.05) is 19.0 Å². The monoisotopic (exact) mass is 330 g/mol. The van der Waals surface area contributed by atoms with E-state index < -0.39 is 0 Å². The zero-order chi connectivity index (χ0) is 16.7. The van der Waals surface area contributed by atoms with Crippen molar-refractivity contribution < 1.29 is 9.47 Å². The standard InChI is InChI=1S/C18H22N2O2S/c1-4-22-16-10-8-14(9-11-16)13(2)19-18(23)20-15-6-5-7-17(12-15)21-3/h5-13H,4H2,1-3H3,(H2,19,20,23). The minimum Gasteiger partial charge on any atom is -0.497 e. The number of benzene rings is 2. The summed E-state index contributed by atoms with van der Waals surface area (Å²) in [7, 11) is 1.64. The lowest BCUT2D eigenvalue weighted by atomic mass is 10.1. The molecule has 0 heterocycles. The van der Waals surface area contributed by atoms with Gasteiger partial charge >= 0.3 is 0 Å². The topological polar surface area (TPSA) is 42.5 Å². The first-order chi connectivity index (χ1) is 11.1. The Labute approximate surface area is 142 Å². The summed E-state index contributed by atoms with van der Waals surface area (Å²) >= 11 is 5.37. The maximum absolute atomic E-state index is 5.45. The van der Waals surface area contributed by atoms with E-state index in [9.17, 15) is 0 Å². The highest BCUT2D eigenvalue weighted by Crippen LogP contribution is 2.19. The molecule has 0 radical (unpaired) electrons. The summed E-state index contributed by atoms with van der Waals surface area (Å²) in [5, 5.41) is 7.01. The Hall–Kier alpha value is -2.27. The highest BCUT2D eigenvalue weighted by atomic mass is 32.1. The van der Waals surface area contributed by atoms with E-state index in [1.54, 1.807) is 7.11 Å². The van der Waals surface area contributed by atoms with Crippen LogP contribution in [0.1, 0.15) is 25.5 Å². The summed E-state index contributed by atoms with van der Waals surface area (Å²) in [6, 6.07) is 15.8. The molecule has 0 aromatic heterocycles. The molecule has 5 heteroatoms. The second-order valence-electron chi connectivity index (χ2n) is 5.05. The predicted molar refractivity (Wildman–Crippen MR) is 98.4 cm³/mol. The first-order valence-electron chi connectivity index (χ1n) is 7.56. The highest BCUT2D eigenvalue weighted by molar-refractivity contribution is 7.80. The van der Waals surface area contributed by atoms with Crippen molar-refractivity contribution in [2.45, 2.75) is 19.9 Å². The molecule has 0 amide bonds. The molecule has 0 fully saturated rings. The van der Waals surface area contributed by atoms with Gasteiger partial charge in [0.25, 0.3) is 0 Å². The molecule has 0 saturated carbocycles. The van der Waals surface area contributed by atoms with E-state index in [1.807, 2.05) is 55.5 Å². The summed E-state index contributed by atoms with van der Waals surface area (Å²) in [6.45, 7) is 4.71. The van der Waals surface area contributed by atoms with Crippen molar-refractivity contribution >= 4 is 23.0 Å². The van der Waals surface area contributed by atoms with E-state index in [0.29, 0.717) is 11.7 Å². The maximum Gasteiger partial charge on any atom is 0.171 e. The molecule has 0 aliphatic heterocycles. The van der Waals surface area contributed by atoms with Gasteiger partial charge in [0.05, 0.1) is 19.8 Å². The second kappa shape index (κ2) is 8.39. The molecule has 2 N–H and O–H groups in total. The van der Waals surface area contributed by atoms with Crippen LogP contribution >= 0.6 is 12.2 Å². The van der Waals surface area contributed by atoms with Gasteiger partial charge in [-0.3, -0.25) is 0 Å². The van der Waals surface area contributed by atoms with Crippen LogP contribution in [0, 0.1) is 0 Å². The third kappa shape index (κ3) is 5.14. The van der Waals surface area contributed by atoms with Gasteiger partial charge in [-0.15, -0.1) is 0 Å².